The number of hydrogen-bond acceptors (Lipinski definition) is 1. The Morgan fingerprint density at radius 1 is 0.867 bits per heavy atom. The highest BCUT2D eigenvalue weighted by Gasteiger charge is 2.30. The molecule has 5 heteroatoms. The van der Waals surface area contributed by atoms with Crippen molar-refractivity contribution in [3.8, 4) is 0 Å². The number of aryl methyl sites for hydroxylation is 1. The second-order valence-corrected chi connectivity index (χ2v) is 13.3. The third-order valence-electron chi connectivity index (χ3n) is 7.78. The van der Waals surface area contributed by atoms with Crippen LogP contribution in [-0.2, 0) is 11.2 Å². The van der Waals surface area contributed by atoms with E-state index in [1.807, 2.05) is 7.11 Å². The van der Waals surface area contributed by atoms with E-state index in [1.165, 1.54) is 57.4 Å². The third-order valence-corrected chi connectivity index (χ3v) is 11.3. The van der Waals surface area contributed by atoms with Crippen LogP contribution in [0.25, 0.3) is 0 Å². The molecule has 0 atom stereocenters. The van der Waals surface area contributed by atoms with Gasteiger partial charge in [-0.05, 0) is 67.6 Å². The van der Waals surface area contributed by atoms with Crippen LogP contribution in [0.2, 0.25) is 18.1 Å². The van der Waals surface area contributed by atoms with E-state index in [0.717, 1.165) is 49.3 Å². The Balaban J connectivity index is 1.28. The van der Waals surface area contributed by atoms with Crippen LogP contribution in [0, 0.1) is 35.2 Å². The molecule has 2 aliphatic rings. The smallest absolute Gasteiger partial charge is 0.194 e. The standard InChI is InChI=1S/C25H39F3OSi/c1-29-13-4-14-30-15-11-22(12-16-30)21-9-7-19(8-10-21)5-2-3-6-20-17-23(26)25(28)24(27)18-20/h17-19,21-22,30H,2-16H2,1H3/t19-,21-,22-,30-. The lowest BCUT2D eigenvalue weighted by molar-refractivity contribution is 0.183. The SMILES string of the molecule is COCCC[Si@H]1CC[C@H]([C@H]2CC[C@H](CCCCc3cc(F)c(F)c(F)c3)CC2)CC1. The molecule has 1 heterocycles. The van der Waals surface area contributed by atoms with Crippen molar-refractivity contribution < 1.29 is 17.9 Å². The van der Waals surface area contributed by atoms with Crippen molar-refractivity contribution in [1.29, 1.82) is 0 Å². The normalized spacial score (nSPS) is 27.3. The van der Waals surface area contributed by atoms with Crippen molar-refractivity contribution >= 4 is 8.80 Å². The summed E-state index contributed by atoms with van der Waals surface area (Å²) in [4.78, 5) is 0. The van der Waals surface area contributed by atoms with Crippen molar-refractivity contribution in [2.75, 3.05) is 13.7 Å². The van der Waals surface area contributed by atoms with Gasteiger partial charge in [-0.15, -0.1) is 0 Å². The number of methoxy groups -OCH3 is 1. The first-order chi connectivity index (χ1) is 14.6. The number of rotatable bonds is 10. The van der Waals surface area contributed by atoms with Gasteiger partial charge >= 0.3 is 0 Å². The Morgan fingerprint density at radius 3 is 2.13 bits per heavy atom. The molecule has 1 aromatic carbocycles. The summed E-state index contributed by atoms with van der Waals surface area (Å²) < 4.78 is 44.9. The van der Waals surface area contributed by atoms with Gasteiger partial charge in [-0.1, -0.05) is 56.7 Å². The molecule has 0 radical (unpaired) electrons. The lowest BCUT2D eigenvalue weighted by atomic mass is 9.73. The van der Waals surface area contributed by atoms with Gasteiger partial charge in [-0.3, -0.25) is 0 Å². The van der Waals surface area contributed by atoms with Crippen LogP contribution in [-0.4, -0.2) is 22.5 Å². The van der Waals surface area contributed by atoms with E-state index in [1.54, 1.807) is 12.1 Å². The average Bonchev–Trinajstić information content (AvgIpc) is 2.76. The molecule has 0 bridgehead atoms. The maximum Gasteiger partial charge on any atom is 0.194 e. The monoisotopic (exact) mass is 440 g/mol. The fraction of sp³-hybridized carbons (Fsp3) is 0.760. The van der Waals surface area contributed by atoms with Crippen LogP contribution in [0.4, 0.5) is 13.2 Å². The minimum atomic E-state index is -1.36. The molecule has 1 aliphatic carbocycles. The molecule has 1 saturated carbocycles. The molecule has 0 amide bonds. The molecule has 1 aromatic rings. The van der Waals surface area contributed by atoms with Gasteiger partial charge in [0, 0.05) is 22.5 Å². The fourth-order valence-corrected chi connectivity index (χ4v) is 9.34. The molecule has 3 rings (SSSR count). The van der Waals surface area contributed by atoms with Crippen LogP contribution < -0.4 is 0 Å². The van der Waals surface area contributed by atoms with E-state index in [4.69, 9.17) is 4.74 Å². The van der Waals surface area contributed by atoms with Crippen molar-refractivity contribution in [2.45, 2.75) is 88.8 Å². The maximum absolute atomic E-state index is 13.3. The number of hydrogen-bond donors (Lipinski definition) is 0. The number of benzene rings is 1. The molecular weight excluding hydrogens is 401 g/mol. The van der Waals surface area contributed by atoms with Crippen LogP contribution in [0.3, 0.4) is 0 Å². The van der Waals surface area contributed by atoms with E-state index in [-0.39, 0.29) is 0 Å². The predicted molar refractivity (Wildman–Crippen MR) is 120 cm³/mol. The zero-order valence-corrected chi connectivity index (χ0v) is 19.8. The minimum absolute atomic E-state index is 0.465. The zero-order valence-electron chi connectivity index (χ0n) is 18.6. The third kappa shape index (κ3) is 7.12. The number of unbranched alkanes of at least 4 members (excludes halogenated alkanes) is 1. The molecule has 0 aromatic heterocycles. The Labute approximate surface area is 182 Å². The van der Waals surface area contributed by atoms with Crippen molar-refractivity contribution in [3.63, 3.8) is 0 Å². The summed E-state index contributed by atoms with van der Waals surface area (Å²) in [5.41, 5.74) is 0.566. The summed E-state index contributed by atoms with van der Waals surface area (Å²) in [6.07, 6.45) is 13.6. The highest BCUT2D eigenvalue weighted by Crippen LogP contribution is 2.42. The van der Waals surface area contributed by atoms with E-state index >= 15 is 0 Å². The van der Waals surface area contributed by atoms with E-state index in [0.29, 0.717) is 12.0 Å². The van der Waals surface area contributed by atoms with E-state index in [9.17, 15) is 13.2 Å². The van der Waals surface area contributed by atoms with Crippen LogP contribution in [0.5, 0.6) is 0 Å². The Morgan fingerprint density at radius 2 is 1.50 bits per heavy atom. The van der Waals surface area contributed by atoms with Gasteiger partial charge < -0.3 is 4.74 Å². The average molecular weight is 441 g/mol. The Bertz CT molecular complexity index is 614. The Kier molecular flexibility index (Phi) is 9.76. The van der Waals surface area contributed by atoms with Gasteiger partial charge in [0.25, 0.3) is 0 Å². The first-order valence-electron chi connectivity index (χ1n) is 12.2. The highest BCUT2D eigenvalue weighted by molar-refractivity contribution is 6.58. The van der Waals surface area contributed by atoms with Crippen LogP contribution in [0.15, 0.2) is 12.1 Å². The summed E-state index contributed by atoms with van der Waals surface area (Å²) in [6, 6.07) is 6.86. The predicted octanol–water partition coefficient (Wildman–Crippen LogP) is 7.30. The maximum atomic E-state index is 13.3. The summed E-state index contributed by atoms with van der Waals surface area (Å²) in [5, 5.41) is 0. The van der Waals surface area contributed by atoms with Gasteiger partial charge in [-0.25, -0.2) is 13.2 Å². The van der Waals surface area contributed by atoms with Gasteiger partial charge in [0.05, 0.1) is 0 Å². The lowest BCUT2D eigenvalue weighted by Crippen LogP contribution is -2.28. The summed E-state index contributed by atoms with van der Waals surface area (Å²) in [7, 11) is 1.34. The summed E-state index contributed by atoms with van der Waals surface area (Å²) in [5.74, 6) is -0.745. The molecule has 1 saturated heterocycles. The summed E-state index contributed by atoms with van der Waals surface area (Å²) >= 11 is 0. The second kappa shape index (κ2) is 12.3. The molecular formula is C25H39F3OSi. The van der Waals surface area contributed by atoms with Crippen LogP contribution in [0.1, 0.15) is 69.8 Å². The quantitative estimate of drug-likeness (QED) is 0.211. The molecule has 2 fully saturated rings. The minimum Gasteiger partial charge on any atom is -0.385 e. The van der Waals surface area contributed by atoms with Crippen molar-refractivity contribution in [3.05, 3.63) is 35.1 Å². The number of ether oxygens (including phenoxy) is 1. The molecule has 1 nitrogen and oxygen atoms in total. The molecule has 170 valence electrons. The first-order valence-corrected chi connectivity index (χ1v) is 14.6. The lowest BCUT2D eigenvalue weighted by Gasteiger charge is -2.37. The van der Waals surface area contributed by atoms with E-state index < -0.39 is 26.2 Å². The van der Waals surface area contributed by atoms with Crippen LogP contribution >= 0.6 is 0 Å². The zero-order chi connectivity index (χ0) is 21.3. The molecule has 30 heavy (non-hydrogen) atoms. The van der Waals surface area contributed by atoms with Crippen molar-refractivity contribution in [2.24, 2.45) is 17.8 Å². The van der Waals surface area contributed by atoms with Gasteiger partial charge in [-0.2, -0.15) is 0 Å². The fourth-order valence-electron chi connectivity index (χ4n) is 5.93. The molecule has 0 unspecified atom stereocenters. The summed E-state index contributed by atoms with van der Waals surface area (Å²) in [6.45, 7) is 0.939. The molecule has 0 spiro atoms. The van der Waals surface area contributed by atoms with E-state index in [2.05, 4.69) is 0 Å². The number of halogens is 3. The van der Waals surface area contributed by atoms with Gasteiger partial charge in [0.1, 0.15) is 0 Å². The molecule has 1 aliphatic heterocycles. The highest BCUT2D eigenvalue weighted by atomic mass is 28.3. The second-order valence-electron chi connectivity index (χ2n) is 9.82. The van der Waals surface area contributed by atoms with Gasteiger partial charge in [0.2, 0.25) is 0 Å². The largest absolute Gasteiger partial charge is 0.385 e. The Hall–Kier alpha value is -0.813. The van der Waals surface area contributed by atoms with Crippen molar-refractivity contribution in [1.82, 2.24) is 0 Å². The van der Waals surface area contributed by atoms with Gasteiger partial charge in [0.15, 0.2) is 17.5 Å². The first kappa shape index (κ1) is 23.8. The topological polar surface area (TPSA) is 9.23 Å². The molecule has 0 N–H and O–H groups in total.